The number of amides is 2. The van der Waals surface area contributed by atoms with E-state index in [-0.39, 0.29) is 18.6 Å². The molecule has 3 aliphatic heterocycles. The summed E-state index contributed by atoms with van der Waals surface area (Å²) < 4.78 is 20.1. The number of aromatic nitrogens is 3. The normalized spacial score (nSPS) is 22.5. The first-order valence-corrected chi connectivity index (χ1v) is 22.0. The highest BCUT2D eigenvalue weighted by atomic mass is 32.1. The molecule has 13 nitrogen and oxygen atoms in total. The molecule has 59 heavy (non-hydrogen) atoms. The lowest BCUT2D eigenvalue weighted by Gasteiger charge is -2.36. The van der Waals surface area contributed by atoms with Crippen LogP contribution in [0.2, 0.25) is 0 Å². The van der Waals surface area contributed by atoms with Crippen LogP contribution in [0.5, 0.6) is 0 Å². The van der Waals surface area contributed by atoms with Crippen molar-refractivity contribution in [2.45, 2.75) is 130 Å². The van der Waals surface area contributed by atoms with Gasteiger partial charge in [0.25, 0.3) is 5.91 Å². The monoisotopic (exact) mass is 827 g/mol. The van der Waals surface area contributed by atoms with E-state index in [2.05, 4.69) is 65.7 Å². The first-order chi connectivity index (χ1) is 28.1. The number of hydrogen-bond donors (Lipinski definition) is 3. The predicted octanol–water partition coefficient (Wildman–Crippen LogP) is 7.64. The summed E-state index contributed by atoms with van der Waals surface area (Å²) in [4.78, 5) is 51.6. The number of esters is 1. The minimum absolute atomic E-state index is 0.167. The Balaban J connectivity index is 1.40. The Kier molecular flexibility index (Phi) is 12.5. The van der Waals surface area contributed by atoms with Crippen molar-refractivity contribution in [1.82, 2.24) is 35.6 Å². The fourth-order valence-electron chi connectivity index (χ4n) is 8.68. The second kappa shape index (κ2) is 17.3. The number of nitrogens with one attached hydrogen (secondary N) is 3. The van der Waals surface area contributed by atoms with Crippen LogP contribution < -0.4 is 16.1 Å². The van der Waals surface area contributed by atoms with Gasteiger partial charge in [0, 0.05) is 65.1 Å². The highest BCUT2D eigenvalue weighted by molar-refractivity contribution is 7.10. The topological polar surface area (TPSA) is 149 Å². The van der Waals surface area contributed by atoms with Crippen LogP contribution in [0.1, 0.15) is 121 Å². The number of piperidine rings is 1. The summed E-state index contributed by atoms with van der Waals surface area (Å²) in [5, 5.41) is 11.6. The number of hydrogen-bond acceptors (Lipinski definition) is 11. The number of carbonyl (C=O) groups is 3. The molecule has 0 aliphatic carbocycles. The maximum Gasteiger partial charge on any atom is 0.408 e. The molecule has 3 aliphatic rings. The predicted molar refractivity (Wildman–Crippen MR) is 230 cm³/mol. The zero-order valence-electron chi connectivity index (χ0n) is 36.1. The van der Waals surface area contributed by atoms with E-state index in [1.165, 1.54) is 21.9 Å². The molecule has 4 aromatic rings. The average Bonchev–Trinajstić information content (AvgIpc) is 3.83. The minimum Gasteiger partial charge on any atom is -0.464 e. The van der Waals surface area contributed by atoms with E-state index in [9.17, 15) is 14.4 Å². The Hall–Kier alpha value is -4.37. The molecule has 6 heterocycles. The van der Waals surface area contributed by atoms with Gasteiger partial charge in [0.15, 0.2) is 0 Å². The maximum atomic E-state index is 14.3. The van der Waals surface area contributed by atoms with E-state index in [0.717, 1.165) is 77.2 Å². The molecular formula is C45H61N7O6S. The van der Waals surface area contributed by atoms with Gasteiger partial charge >= 0.3 is 12.1 Å². The van der Waals surface area contributed by atoms with E-state index >= 15 is 0 Å². The van der Waals surface area contributed by atoms with Crippen molar-refractivity contribution < 1.29 is 28.6 Å². The van der Waals surface area contributed by atoms with Crippen molar-refractivity contribution in [3.63, 3.8) is 0 Å². The highest BCUT2D eigenvalue weighted by Crippen LogP contribution is 2.43. The fraction of sp³-hybridized carbons (Fsp3) is 0.578. The number of aryl methyl sites for hydroxylation is 1. The molecule has 0 radical (unpaired) electrons. The Bertz CT molecular complexity index is 2180. The number of benzene rings is 1. The maximum absolute atomic E-state index is 14.3. The third-order valence-corrected chi connectivity index (χ3v) is 12.9. The molecule has 0 spiro atoms. The Labute approximate surface area is 351 Å². The molecule has 2 fully saturated rings. The molecule has 2 saturated heterocycles. The number of hydrazine groups is 1. The van der Waals surface area contributed by atoms with Gasteiger partial charge in [-0.1, -0.05) is 26.8 Å². The lowest BCUT2D eigenvalue weighted by molar-refractivity contribution is -0.155. The first-order valence-electron chi connectivity index (χ1n) is 21.2. The summed E-state index contributed by atoms with van der Waals surface area (Å²) in [5.74, 6) is -0.902. The standard InChI is InChI=1S/C45H61N7O6S/c1-10-51-36-14-13-29-20-31(36)33(39(51)32-21-30(28-15-17-46-18-16-28)23-47-38(32)27(3)56-9)22-45(7,8)25-57-42(54)34-12-11-19-52(50-34)41(53)37(49-43(55)58-44(4,5)6)26(2)40-48-35(29)24-59-40/h13-14,20-21,23-24,26-28,34,37,46,50H,10-12,15-19,22,25H2,1-9H3,(H,49,55)/t26-,27-,34-,37-/m0/s1. The first kappa shape index (κ1) is 42.7. The van der Waals surface area contributed by atoms with Crippen molar-refractivity contribution in [2.75, 3.05) is 33.4 Å². The number of alkyl carbamates (subject to hydrolysis) is 1. The summed E-state index contributed by atoms with van der Waals surface area (Å²) in [6.07, 6.45) is 4.91. The molecule has 14 heteroatoms. The quantitative estimate of drug-likeness (QED) is 0.166. The van der Waals surface area contributed by atoms with Gasteiger partial charge in [-0.05, 0) is 115 Å². The van der Waals surface area contributed by atoms with Crippen molar-refractivity contribution in [3.8, 4) is 22.5 Å². The van der Waals surface area contributed by atoms with Crippen molar-refractivity contribution in [2.24, 2.45) is 5.41 Å². The number of fused-ring (bicyclic) bond motifs is 6. The molecule has 2 amide bonds. The molecule has 3 aromatic heterocycles. The van der Waals surface area contributed by atoms with Crippen LogP contribution in [-0.2, 0) is 36.8 Å². The summed E-state index contributed by atoms with van der Waals surface area (Å²) >= 11 is 1.45. The largest absolute Gasteiger partial charge is 0.464 e. The van der Waals surface area contributed by atoms with Gasteiger partial charge in [-0.3, -0.25) is 19.6 Å². The van der Waals surface area contributed by atoms with Crippen LogP contribution in [-0.4, -0.2) is 88.5 Å². The van der Waals surface area contributed by atoms with Gasteiger partial charge < -0.3 is 29.4 Å². The molecule has 7 rings (SSSR count). The number of rotatable bonds is 6. The number of methoxy groups -OCH3 is 1. The van der Waals surface area contributed by atoms with E-state index in [0.29, 0.717) is 36.7 Å². The third kappa shape index (κ3) is 9.20. The van der Waals surface area contributed by atoms with Crippen molar-refractivity contribution in [1.29, 1.82) is 0 Å². The Morgan fingerprint density at radius 2 is 1.92 bits per heavy atom. The van der Waals surface area contributed by atoms with Crippen LogP contribution in [0.15, 0.2) is 35.8 Å². The molecule has 3 N–H and O–H groups in total. The molecule has 0 saturated carbocycles. The second-order valence-electron chi connectivity index (χ2n) is 18.2. The van der Waals surface area contributed by atoms with E-state index in [1.807, 2.05) is 25.4 Å². The molecule has 0 unspecified atom stereocenters. The van der Waals surface area contributed by atoms with Gasteiger partial charge in [0.1, 0.15) is 17.7 Å². The molecular weight excluding hydrogens is 767 g/mol. The van der Waals surface area contributed by atoms with Crippen LogP contribution >= 0.6 is 11.3 Å². The summed E-state index contributed by atoms with van der Waals surface area (Å²) in [6, 6.07) is 7.11. The van der Waals surface area contributed by atoms with Crippen LogP contribution in [0, 0.1) is 5.41 Å². The van der Waals surface area contributed by atoms with Gasteiger partial charge in [-0.2, -0.15) is 0 Å². The van der Waals surface area contributed by atoms with Crippen LogP contribution in [0.3, 0.4) is 0 Å². The van der Waals surface area contributed by atoms with Gasteiger partial charge in [-0.15, -0.1) is 11.3 Å². The summed E-state index contributed by atoms with van der Waals surface area (Å²) in [6.45, 7) is 18.9. The number of thiazole rings is 1. The third-order valence-electron chi connectivity index (χ3n) is 11.9. The fourth-order valence-corrected chi connectivity index (χ4v) is 9.60. The zero-order valence-corrected chi connectivity index (χ0v) is 36.9. The number of nitrogens with zero attached hydrogens (tertiary/aromatic N) is 4. The summed E-state index contributed by atoms with van der Waals surface area (Å²) in [7, 11) is 1.73. The number of pyridine rings is 1. The molecule has 318 valence electrons. The second-order valence-corrected chi connectivity index (χ2v) is 19.0. The molecule has 6 bridgehead atoms. The van der Waals surface area contributed by atoms with E-state index in [1.54, 1.807) is 27.9 Å². The van der Waals surface area contributed by atoms with Crippen LogP contribution in [0.25, 0.3) is 33.4 Å². The number of ether oxygens (including phenoxy) is 3. The Morgan fingerprint density at radius 3 is 2.63 bits per heavy atom. The average molecular weight is 828 g/mol. The number of cyclic esters (lactones) is 1. The Morgan fingerprint density at radius 1 is 1.15 bits per heavy atom. The number of carbonyl (C=O) groups excluding carboxylic acids is 3. The van der Waals surface area contributed by atoms with Crippen molar-refractivity contribution >= 4 is 40.2 Å². The van der Waals surface area contributed by atoms with Gasteiger partial charge in [-0.25, -0.2) is 15.2 Å². The zero-order chi connectivity index (χ0) is 42.2. The van der Waals surface area contributed by atoms with Gasteiger partial charge in [0.05, 0.1) is 34.8 Å². The molecule has 4 atom stereocenters. The minimum atomic E-state index is -1.02. The summed E-state index contributed by atoms with van der Waals surface area (Å²) in [5.41, 5.74) is 10.1. The van der Waals surface area contributed by atoms with E-state index < -0.39 is 41.1 Å². The van der Waals surface area contributed by atoms with Gasteiger partial charge in [0.2, 0.25) is 0 Å². The smallest absolute Gasteiger partial charge is 0.408 e. The lowest BCUT2D eigenvalue weighted by Crippen LogP contribution is -2.61. The van der Waals surface area contributed by atoms with Crippen molar-refractivity contribution in [3.05, 3.63) is 57.7 Å². The molecule has 1 aromatic carbocycles. The van der Waals surface area contributed by atoms with Crippen LogP contribution in [0.4, 0.5) is 4.79 Å². The SMILES string of the molecule is CCn1c(-c2cc(C3CCNCC3)cnc2[C@H](C)OC)c2c3cc(ccc31)-c1csc(n1)[C@@H](C)[C@H](NC(=O)OC(C)(C)C)C(=O)N1CCC[C@H](N1)C(=O)OCC(C)(C)C2. The van der Waals surface area contributed by atoms with E-state index in [4.69, 9.17) is 24.2 Å². The highest BCUT2D eigenvalue weighted by Gasteiger charge is 2.39. The lowest BCUT2D eigenvalue weighted by atomic mass is 9.83.